The molecule has 0 spiro atoms. The summed E-state index contributed by atoms with van der Waals surface area (Å²) in [5.74, 6) is 2.01. The lowest BCUT2D eigenvalue weighted by atomic mass is 10.1. The number of benzene rings is 1. The minimum atomic E-state index is -0.114. The Morgan fingerprint density at radius 3 is 2.29 bits per heavy atom. The van der Waals surface area contributed by atoms with Gasteiger partial charge in [0.25, 0.3) is 0 Å². The van der Waals surface area contributed by atoms with Gasteiger partial charge in [-0.05, 0) is 36.8 Å². The van der Waals surface area contributed by atoms with Gasteiger partial charge in [0.05, 0.1) is 26.5 Å². The van der Waals surface area contributed by atoms with E-state index in [0.717, 1.165) is 29.9 Å². The van der Waals surface area contributed by atoms with Crippen LogP contribution >= 0.6 is 0 Å². The normalized spacial score (nSPS) is 13.7. The number of piperazine rings is 1. The Balaban J connectivity index is 1.58. The third kappa shape index (κ3) is 6.61. The summed E-state index contributed by atoms with van der Waals surface area (Å²) in [6, 6.07) is 9.52. The Bertz CT molecular complexity index is 988. The van der Waals surface area contributed by atoms with E-state index in [9.17, 15) is 9.59 Å². The van der Waals surface area contributed by atoms with Crippen molar-refractivity contribution in [3.05, 3.63) is 30.3 Å². The van der Waals surface area contributed by atoms with Crippen LogP contribution < -0.4 is 14.4 Å². The zero-order valence-corrected chi connectivity index (χ0v) is 21.5. The van der Waals surface area contributed by atoms with E-state index in [0.29, 0.717) is 44.2 Å². The summed E-state index contributed by atoms with van der Waals surface area (Å²) >= 11 is 0. The van der Waals surface area contributed by atoms with Crippen molar-refractivity contribution in [1.29, 1.82) is 0 Å². The molecule has 9 nitrogen and oxygen atoms in total. The average molecular weight is 484 g/mol. The van der Waals surface area contributed by atoms with Crippen molar-refractivity contribution in [3.8, 4) is 22.8 Å². The van der Waals surface area contributed by atoms with Crippen LogP contribution in [-0.2, 0) is 9.59 Å². The Hall–Kier alpha value is -3.36. The maximum absolute atomic E-state index is 12.9. The maximum atomic E-state index is 12.9. The fourth-order valence-corrected chi connectivity index (χ4v) is 4.07. The van der Waals surface area contributed by atoms with E-state index in [1.165, 1.54) is 0 Å². The average Bonchev–Trinajstić information content (AvgIpc) is 2.90. The lowest BCUT2D eigenvalue weighted by Crippen LogP contribution is -2.52. The van der Waals surface area contributed by atoms with E-state index in [4.69, 9.17) is 9.47 Å². The standard InChI is InChI=1S/C26H37N5O4/c1-6-7-12-31(26(33)19(2)3)18-25(32)30-15-13-29(14-16-30)24-11-9-21(27-28-24)20-8-10-22(34-4)23(17-20)35-5/h8-11,17,19H,6-7,12-16,18H2,1-5H3. The van der Waals surface area contributed by atoms with Gasteiger partial charge in [-0.1, -0.05) is 27.2 Å². The highest BCUT2D eigenvalue weighted by molar-refractivity contribution is 5.85. The molecule has 1 saturated heterocycles. The zero-order valence-electron chi connectivity index (χ0n) is 21.5. The van der Waals surface area contributed by atoms with Crippen LogP contribution in [0.15, 0.2) is 30.3 Å². The number of anilines is 1. The molecule has 9 heteroatoms. The predicted molar refractivity (Wildman–Crippen MR) is 136 cm³/mol. The summed E-state index contributed by atoms with van der Waals surface area (Å²) in [4.78, 5) is 31.1. The van der Waals surface area contributed by atoms with E-state index in [2.05, 4.69) is 22.0 Å². The van der Waals surface area contributed by atoms with E-state index in [1.807, 2.05) is 49.1 Å². The topological polar surface area (TPSA) is 88.1 Å². The van der Waals surface area contributed by atoms with Gasteiger partial charge in [-0.15, -0.1) is 10.2 Å². The molecule has 1 fully saturated rings. The second-order valence-electron chi connectivity index (χ2n) is 8.98. The van der Waals surface area contributed by atoms with Crippen LogP contribution in [0.4, 0.5) is 5.82 Å². The fraction of sp³-hybridized carbons (Fsp3) is 0.538. The molecule has 1 aliphatic rings. The third-order valence-corrected chi connectivity index (χ3v) is 6.20. The Labute approximate surface area is 208 Å². The number of carbonyl (C=O) groups excluding carboxylic acids is 2. The van der Waals surface area contributed by atoms with Crippen molar-refractivity contribution in [2.45, 2.75) is 33.6 Å². The first-order valence-electron chi connectivity index (χ1n) is 12.3. The molecule has 35 heavy (non-hydrogen) atoms. The third-order valence-electron chi connectivity index (χ3n) is 6.20. The molecule has 3 rings (SSSR count). The van der Waals surface area contributed by atoms with Gasteiger partial charge in [0.1, 0.15) is 0 Å². The summed E-state index contributed by atoms with van der Waals surface area (Å²) in [7, 11) is 3.21. The molecule has 1 aromatic heterocycles. The van der Waals surface area contributed by atoms with Crippen LogP contribution in [-0.4, -0.2) is 85.3 Å². The van der Waals surface area contributed by atoms with Crippen molar-refractivity contribution in [2.75, 3.05) is 58.4 Å². The first-order chi connectivity index (χ1) is 16.9. The van der Waals surface area contributed by atoms with Gasteiger partial charge in [0, 0.05) is 44.2 Å². The van der Waals surface area contributed by atoms with Crippen LogP contribution in [0, 0.1) is 5.92 Å². The summed E-state index contributed by atoms with van der Waals surface area (Å²) in [6.45, 7) is 9.14. The van der Waals surface area contributed by atoms with E-state index in [-0.39, 0.29) is 24.3 Å². The molecule has 2 amide bonds. The predicted octanol–water partition coefficient (Wildman–Crippen LogP) is 3.09. The van der Waals surface area contributed by atoms with Crippen molar-refractivity contribution in [2.24, 2.45) is 5.92 Å². The monoisotopic (exact) mass is 483 g/mol. The molecule has 0 atom stereocenters. The van der Waals surface area contributed by atoms with Gasteiger partial charge in [0.2, 0.25) is 11.8 Å². The Morgan fingerprint density at radius 1 is 1.00 bits per heavy atom. The number of aromatic nitrogens is 2. The summed E-state index contributed by atoms with van der Waals surface area (Å²) < 4.78 is 10.7. The minimum absolute atomic E-state index is 0.00429. The second kappa shape index (κ2) is 12.4. The molecule has 0 unspecified atom stereocenters. The van der Waals surface area contributed by atoms with Crippen LogP contribution in [0.2, 0.25) is 0 Å². The highest BCUT2D eigenvalue weighted by Crippen LogP contribution is 2.31. The first kappa shape index (κ1) is 26.2. The number of rotatable bonds is 10. The van der Waals surface area contributed by atoms with Gasteiger partial charge in [0.15, 0.2) is 17.3 Å². The molecular weight excluding hydrogens is 446 g/mol. The molecule has 0 N–H and O–H groups in total. The molecule has 0 saturated carbocycles. The van der Waals surface area contributed by atoms with E-state index in [1.54, 1.807) is 19.1 Å². The van der Waals surface area contributed by atoms with Crippen LogP contribution in [0.5, 0.6) is 11.5 Å². The number of ether oxygens (including phenoxy) is 2. The quantitative estimate of drug-likeness (QED) is 0.513. The van der Waals surface area contributed by atoms with Crippen LogP contribution in [0.1, 0.15) is 33.6 Å². The van der Waals surface area contributed by atoms with Crippen LogP contribution in [0.3, 0.4) is 0 Å². The largest absolute Gasteiger partial charge is 0.493 e. The number of nitrogens with zero attached hydrogens (tertiary/aromatic N) is 5. The lowest BCUT2D eigenvalue weighted by molar-refractivity contribution is -0.142. The Kier molecular flexibility index (Phi) is 9.28. The van der Waals surface area contributed by atoms with Crippen molar-refractivity contribution < 1.29 is 19.1 Å². The van der Waals surface area contributed by atoms with Gasteiger partial charge in [-0.3, -0.25) is 9.59 Å². The number of methoxy groups -OCH3 is 2. The van der Waals surface area contributed by atoms with Gasteiger partial charge in [-0.25, -0.2) is 0 Å². The maximum Gasteiger partial charge on any atom is 0.242 e. The van der Waals surface area contributed by atoms with Crippen LogP contribution in [0.25, 0.3) is 11.3 Å². The number of hydrogen-bond donors (Lipinski definition) is 0. The van der Waals surface area contributed by atoms with E-state index >= 15 is 0 Å². The molecule has 0 aliphatic carbocycles. The highest BCUT2D eigenvalue weighted by Gasteiger charge is 2.26. The number of hydrogen-bond acceptors (Lipinski definition) is 7. The minimum Gasteiger partial charge on any atom is -0.493 e. The molecule has 1 aliphatic heterocycles. The van der Waals surface area contributed by atoms with Gasteiger partial charge < -0.3 is 24.2 Å². The first-order valence-corrected chi connectivity index (χ1v) is 12.3. The SMILES string of the molecule is CCCCN(CC(=O)N1CCN(c2ccc(-c3ccc(OC)c(OC)c3)nn2)CC1)C(=O)C(C)C. The van der Waals surface area contributed by atoms with E-state index < -0.39 is 0 Å². The van der Waals surface area contributed by atoms with Crippen molar-refractivity contribution in [3.63, 3.8) is 0 Å². The molecule has 190 valence electrons. The van der Waals surface area contributed by atoms with Crippen molar-refractivity contribution >= 4 is 17.6 Å². The molecular formula is C26H37N5O4. The molecule has 1 aromatic carbocycles. The lowest BCUT2D eigenvalue weighted by Gasteiger charge is -2.36. The number of unbranched alkanes of at least 4 members (excludes halogenated alkanes) is 1. The molecule has 0 bridgehead atoms. The zero-order chi connectivity index (χ0) is 25.4. The van der Waals surface area contributed by atoms with Crippen molar-refractivity contribution in [1.82, 2.24) is 20.0 Å². The Morgan fingerprint density at radius 2 is 1.71 bits per heavy atom. The van der Waals surface area contributed by atoms with Gasteiger partial charge in [-0.2, -0.15) is 0 Å². The van der Waals surface area contributed by atoms with Gasteiger partial charge >= 0.3 is 0 Å². The summed E-state index contributed by atoms with van der Waals surface area (Å²) in [6.07, 6.45) is 1.89. The molecule has 0 radical (unpaired) electrons. The molecule has 2 aromatic rings. The second-order valence-corrected chi connectivity index (χ2v) is 8.98. The number of amides is 2. The summed E-state index contributed by atoms with van der Waals surface area (Å²) in [5.41, 5.74) is 1.63. The summed E-state index contributed by atoms with van der Waals surface area (Å²) in [5, 5.41) is 8.82. The number of carbonyl (C=O) groups is 2. The molecule has 2 heterocycles. The smallest absolute Gasteiger partial charge is 0.242 e. The highest BCUT2D eigenvalue weighted by atomic mass is 16.5. The fourth-order valence-electron chi connectivity index (χ4n) is 4.07.